The molecule has 8 aromatic rings. The number of aromatic amines is 2. The molecular formula is C83H111N19O20S2. The molecule has 0 aliphatic rings. The van der Waals surface area contributed by atoms with Crippen molar-refractivity contribution in [1.82, 2.24) is 81.0 Å². The summed E-state index contributed by atoms with van der Waals surface area (Å²) in [6, 6.07) is 12.2. The Kier molecular flexibility index (Phi) is 37.6. The van der Waals surface area contributed by atoms with E-state index in [-0.39, 0.29) is 139 Å². The number of imidazole rings is 2. The number of nitrogens with two attached hydrogens (primary N) is 1. The number of aliphatic carboxylic acids is 2. The summed E-state index contributed by atoms with van der Waals surface area (Å²) in [5, 5.41) is 48.1. The molecule has 18 N–H and O–H groups in total. The van der Waals surface area contributed by atoms with E-state index < -0.39 is 91.8 Å². The summed E-state index contributed by atoms with van der Waals surface area (Å²) in [6.07, 6.45) is 11.5. The maximum Gasteiger partial charge on any atom is 0.323 e. The molecule has 0 saturated heterocycles. The molecule has 8 rings (SSSR count). The number of anilines is 2. The minimum atomic E-state index is -4.37. The number of nitrogens with zero attached hydrogens (tertiary/aromatic N) is 4. The highest BCUT2D eigenvalue weighted by molar-refractivity contribution is 7.90. The van der Waals surface area contributed by atoms with Gasteiger partial charge in [0, 0.05) is 185 Å². The molecule has 0 unspecified atom stereocenters. The van der Waals surface area contributed by atoms with Gasteiger partial charge in [-0.1, -0.05) is 47.5 Å². The van der Waals surface area contributed by atoms with Crippen molar-refractivity contribution in [2.24, 2.45) is 5.73 Å². The van der Waals surface area contributed by atoms with E-state index in [2.05, 4.69) is 82.5 Å². The van der Waals surface area contributed by atoms with Crippen LogP contribution in [0.2, 0.25) is 0 Å². The fourth-order valence-electron chi connectivity index (χ4n) is 13.7. The van der Waals surface area contributed by atoms with Crippen LogP contribution in [0.5, 0.6) is 0 Å². The quantitative estimate of drug-likeness (QED) is 0.0244. The van der Waals surface area contributed by atoms with Crippen LogP contribution in [0.15, 0.2) is 117 Å². The largest absolute Gasteiger partial charge is 0.480 e. The molecule has 4 heterocycles. The Bertz CT molecular complexity index is 5400. The van der Waals surface area contributed by atoms with Gasteiger partial charge in [0.15, 0.2) is 11.9 Å². The lowest BCUT2D eigenvalue weighted by atomic mass is 10.1. The number of aromatic nitrogens is 6. The molecule has 0 radical (unpaired) electrons. The molecule has 0 fully saturated rings. The molecular weight excluding hydrogens is 1650 g/mol. The smallest absolute Gasteiger partial charge is 0.323 e. The number of amides is 8. The van der Waals surface area contributed by atoms with Gasteiger partial charge in [-0.05, 0) is 144 Å². The van der Waals surface area contributed by atoms with Crippen LogP contribution in [0.1, 0.15) is 142 Å². The molecule has 0 aliphatic heterocycles. The Morgan fingerprint density at radius 3 is 1.14 bits per heavy atom. The zero-order chi connectivity index (χ0) is 90.0. The predicted molar refractivity (Wildman–Crippen MR) is 461 cm³/mol. The topological polar surface area (TPSA) is 570 Å². The van der Waals surface area contributed by atoms with Crippen molar-refractivity contribution in [1.29, 1.82) is 0 Å². The first-order chi connectivity index (χ1) is 59.2. The van der Waals surface area contributed by atoms with Gasteiger partial charge in [-0.15, -0.1) is 0 Å². The van der Waals surface area contributed by atoms with E-state index in [0.29, 0.717) is 136 Å². The summed E-state index contributed by atoms with van der Waals surface area (Å²) >= 11 is 0. The third kappa shape index (κ3) is 30.3. The van der Waals surface area contributed by atoms with Crippen molar-refractivity contribution in [2.45, 2.75) is 173 Å². The van der Waals surface area contributed by atoms with E-state index in [1.165, 1.54) is 12.4 Å². The molecule has 670 valence electrons. The summed E-state index contributed by atoms with van der Waals surface area (Å²) in [5.74, 6) is -6.14. The van der Waals surface area contributed by atoms with E-state index in [4.69, 9.17) is 15.2 Å². The highest BCUT2D eigenvalue weighted by Crippen LogP contribution is 2.25. The van der Waals surface area contributed by atoms with Gasteiger partial charge in [0.05, 0.1) is 26.9 Å². The molecule has 0 spiro atoms. The minimum absolute atomic E-state index is 0.0227. The van der Waals surface area contributed by atoms with Crippen LogP contribution in [0.25, 0.3) is 21.8 Å². The predicted octanol–water partition coefficient (Wildman–Crippen LogP) is 2.60. The van der Waals surface area contributed by atoms with Crippen LogP contribution >= 0.6 is 0 Å². The number of rotatable bonds is 54. The molecule has 39 nitrogen and oxygen atoms in total. The standard InChI is InChI=1S/C83H111N19O20S2/c1-51-39-53(3)75(54(4)40-51)123(117,118)99-64(80(113)114)47-95-77(110)61-49-101(66-43-57(13-15-59(66)73(61)108)45-97-82-91-29-30-92-82)33-7-23-85-69(104)19-21-71(106)88-26-10-36-121-35-9-25-87-68(103)18-17-63(84)79(112)90-28-12-38-122-37-11-27-89-72(107)22-20-70(105)86-24-8-34-102-50-62(74(109)60-16-14-58(44-67(60)102)46-98-83-93-31-32-94-83)78(111)96-48-65(81(115)116)100-124(119,120)76-55(5)41-52(2)42-56(76)6/h13-16,29-32,39-44,49-50,63-65,99-100H,7-12,17-28,33-38,45-48,84H2,1-6H3,(H,85,104)(H,86,105)(H,87,103)(H,88,106)(H,89,107)(H,90,112)(H,95,110)(H,96,111)(H,113,114)(H,115,116)(H2,91,92,97)(H2,93,94,98)/t63-,64-,65-/m0/s1. The zero-order valence-electron chi connectivity index (χ0n) is 70.2. The molecule has 4 aromatic heterocycles. The van der Waals surface area contributed by atoms with E-state index in [1.807, 2.05) is 0 Å². The van der Waals surface area contributed by atoms with Gasteiger partial charge >= 0.3 is 11.9 Å². The van der Waals surface area contributed by atoms with Gasteiger partial charge in [-0.3, -0.25) is 57.5 Å². The second-order valence-corrected chi connectivity index (χ2v) is 33.1. The average Bonchev–Trinajstić information content (AvgIpc) is 1.04. The number of hydrogen-bond acceptors (Lipinski definition) is 23. The number of carbonyl (C=O) groups is 10. The number of aryl methyl sites for hydroxylation is 8. The lowest BCUT2D eigenvalue weighted by Crippen LogP contribution is -2.49. The fourth-order valence-corrected chi connectivity index (χ4v) is 17.0. The van der Waals surface area contributed by atoms with E-state index in [0.717, 1.165) is 22.3 Å². The number of ether oxygens (including phenoxy) is 2. The summed E-state index contributed by atoms with van der Waals surface area (Å²) < 4.78 is 72.8. The Hall–Kier alpha value is -12.3. The summed E-state index contributed by atoms with van der Waals surface area (Å²) in [4.78, 5) is 170. The van der Waals surface area contributed by atoms with Crippen LogP contribution in [0.4, 0.5) is 11.9 Å². The average molecular weight is 1760 g/mol. The number of carbonyl (C=O) groups excluding carboxylic acids is 8. The first-order valence-electron chi connectivity index (χ1n) is 40.7. The molecule has 4 aromatic carbocycles. The van der Waals surface area contributed by atoms with Crippen LogP contribution in [0.3, 0.4) is 0 Å². The second-order valence-electron chi connectivity index (χ2n) is 29.8. The number of nitrogens with one attached hydrogen (secondary N) is 14. The van der Waals surface area contributed by atoms with Crippen molar-refractivity contribution < 1.29 is 84.5 Å². The van der Waals surface area contributed by atoms with Gasteiger partial charge in [0.2, 0.25) is 66.3 Å². The van der Waals surface area contributed by atoms with Crippen molar-refractivity contribution in [3.05, 3.63) is 174 Å². The number of H-pyrrole nitrogens is 2. The lowest BCUT2D eigenvalue weighted by molar-refractivity contribution is -0.139. The summed E-state index contributed by atoms with van der Waals surface area (Å²) in [6.45, 7) is 12.4. The maximum absolute atomic E-state index is 13.9. The van der Waals surface area contributed by atoms with E-state index in [1.54, 1.807) is 136 Å². The second kappa shape index (κ2) is 48.0. The van der Waals surface area contributed by atoms with Crippen LogP contribution in [0, 0.1) is 41.5 Å². The van der Waals surface area contributed by atoms with Crippen LogP contribution < -0.4 is 79.2 Å². The highest BCUT2D eigenvalue weighted by atomic mass is 32.2. The maximum atomic E-state index is 13.9. The monoisotopic (exact) mass is 1760 g/mol. The minimum Gasteiger partial charge on any atom is -0.480 e. The molecule has 124 heavy (non-hydrogen) atoms. The van der Waals surface area contributed by atoms with Gasteiger partial charge in [0.1, 0.15) is 23.2 Å². The third-order valence-corrected chi connectivity index (χ3v) is 23.2. The van der Waals surface area contributed by atoms with Gasteiger partial charge < -0.3 is 97.7 Å². The molecule has 3 atom stereocenters. The summed E-state index contributed by atoms with van der Waals surface area (Å²) in [7, 11) is -8.74. The Labute approximate surface area is 716 Å². The first kappa shape index (κ1) is 97.2. The number of carboxylic acids is 2. The first-order valence-corrected chi connectivity index (χ1v) is 43.7. The molecule has 0 aliphatic carbocycles. The molecule has 41 heteroatoms. The Morgan fingerprint density at radius 1 is 0.460 bits per heavy atom. The molecule has 0 saturated carbocycles. The van der Waals surface area contributed by atoms with E-state index >= 15 is 0 Å². The van der Waals surface area contributed by atoms with Crippen molar-refractivity contribution in [3.8, 4) is 0 Å². The van der Waals surface area contributed by atoms with Gasteiger partial charge in [-0.25, -0.2) is 26.8 Å². The fraction of sp³-hybridized carbons (Fsp3) is 0.446. The van der Waals surface area contributed by atoms with Crippen molar-refractivity contribution in [2.75, 3.05) is 89.4 Å². The van der Waals surface area contributed by atoms with Crippen molar-refractivity contribution >= 4 is 113 Å². The van der Waals surface area contributed by atoms with Gasteiger partial charge in [-0.2, -0.15) is 9.44 Å². The Morgan fingerprint density at radius 2 is 0.798 bits per heavy atom. The zero-order valence-corrected chi connectivity index (χ0v) is 71.8. The Balaban J connectivity index is 0.631. The number of sulfonamides is 2. The lowest BCUT2D eigenvalue weighted by Gasteiger charge is -2.19. The number of fused-ring (bicyclic) bond motifs is 2. The third-order valence-electron chi connectivity index (χ3n) is 19.7. The normalized spacial score (nSPS) is 12.2. The van der Waals surface area contributed by atoms with Crippen LogP contribution in [-0.2, 0) is 94.1 Å². The highest BCUT2D eigenvalue weighted by Gasteiger charge is 2.32. The number of carboxylic acid groups (broad SMARTS) is 2. The SMILES string of the molecule is Cc1cc(C)c(S(=O)(=O)N[C@@H](CNC(=O)c2cn(CCCNC(=O)CCC(=O)NCCCOCCCNC(=O)CC[C@H](N)C(=O)NCCCOCCCNC(=O)CCC(=O)NCCCn3cc(C(=O)NC[C@H](NS(=O)(=O)c4c(C)cc(C)cc4C)C(=O)O)c(=O)c4ccc(CNc5ncc[nH]5)cc43)c3cc(CNc4ncc[nH]4)ccc3c2=O)C(=O)O)c(C)c1. The molecule has 8 amide bonds. The molecule has 0 bridgehead atoms. The van der Waals surface area contributed by atoms with Crippen LogP contribution in [-0.4, -0.2) is 212 Å². The number of pyridine rings is 2. The van der Waals surface area contributed by atoms with Gasteiger partial charge in [0.25, 0.3) is 11.8 Å². The van der Waals surface area contributed by atoms with E-state index in [9.17, 15) is 84.6 Å². The number of benzene rings is 4. The van der Waals surface area contributed by atoms with Crippen molar-refractivity contribution in [3.63, 3.8) is 0 Å². The number of hydrogen-bond donors (Lipinski definition) is 17. The summed E-state index contributed by atoms with van der Waals surface area (Å²) in [5.41, 5.74) is 9.77.